The summed E-state index contributed by atoms with van der Waals surface area (Å²) in [6.07, 6.45) is 1.48. The molecule has 0 unspecified atom stereocenters. The van der Waals surface area contributed by atoms with Crippen molar-refractivity contribution in [1.82, 2.24) is 4.98 Å². The van der Waals surface area contributed by atoms with Crippen LogP contribution in [0.25, 0.3) is 0 Å². The van der Waals surface area contributed by atoms with Crippen LogP contribution >= 0.6 is 11.6 Å². The molecule has 5 heteroatoms. The summed E-state index contributed by atoms with van der Waals surface area (Å²) in [5.74, 6) is 0.635. The molecule has 0 radical (unpaired) electrons. The summed E-state index contributed by atoms with van der Waals surface area (Å²) in [5.41, 5.74) is 6.99. The number of nitrogens with zero attached hydrogens (tertiary/aromatic N) is 1. The molecule has 0 aliphatic heterocycles. The van der Waals surface area contributed by atoms with Gasteiger partial charge in [-0.2, -0.15) is 0 Å². The predicted molar refractivity (Wildman–Crippen MR) is 68.3 cm³/mol. The summed E-state index contributed by atoms with van der Waals surface area (Å²) in [6.45, 7) is 2.07. The zero-order chi connectivity index (χ0) is 13.1. The van der Waals surface area contributed by atoms with Crippen molar-refractivity contribution in [3.63, 3.8) is 0 Å². The summed E-state index contributed by atoms with van der Waals surface area (Å²) in [7, 11) is 0. The van der Waals surface area contributed by atoms with Gasteiger partial charge in [0, 0.05) is 18.8 Å². The fourth-order valence-corrected chi connectivity index (χ4v) is 1.69. The Hall–Kier alpha value is -1.65. The molecule has 0 atom stereocenters. The Bertz CT molecular complexity index is 575. The highest BCUT2D eigenvalue weighted by Gasteiger charge is 2.06. The molecule has 2 rings (SSSR count). The molecule has 0 aliphatic rings. The van der Waals surface area contributed by atoms with Crippen LogP contribution in [0.5, 0.6) is 11.6 Å². The topological polar surface area (TPSA) is 48.1 Å². The number of aryl methyl sites for hydroxylation is 1. The molecular weight excluding hydrogens is 255 g/mol. The number of hydrogen-bond donors (Lipinski definition) is 1. The van der Waals surface area contributed by atoms with Crippen LogP contribution < -0.4 is 10.5 Å². The number of nitrogens with two attached hydrogens (primary N) is 1. The first-order valence-electron chi connectivity index (χ1n) is 5.38. The molecule has 1 heterocycles. The smallest absolute Gasteiger partial charge is 0.219 e. The lowest BCUT2D eigenvalue weighted by molar-refractivity contribution is 0.457. The highest BCUT2D eigenvalue weighted by Crippen LogP contribution is 2.26. The zero-order valence-electron chi connectivity index (χ0n) is 9.78. The molecule has 18 heavy (non-hydrogen) atoms. The van der Waals surface area contributed by atoms with Crippen LogP contribution in [0.1, 0.15) is 11.1 Å². The van der Waals surface area contributed by atoms with Crippen molar-refractivity contribution in [2.75, 3.05) is 0 Å². The first kappa shape index (κ1) is 12.8. The highest BCUT2D eigenvalue weighted by molar-refractivity contribution is 6.31. The van der Waals surface area contributed by atoms with Gasteiger partial charge >= 0.3 is 0 Å². The Kier molecular flexibility index (Phi) is 3.79. The van der Waals surface area contributed by atoms with Gasteiger partial charge < -0.3 is 10.5 Å². The third-order valence-corrected chi connectivity index (χ3v) is 2.82. The molecular formula is C13H12ClFN2O. The SMILES string of the molecule is Cc1cc(F)ccc1Oc1cc(CN)c(Cl)cn1. The van der Waals surface area contributed by atoms with Crippen LogP contribution in [0.4, 0.5) is 4.39 Å². The van der Waals surface area contributed by atoms with Crippen molar-refractivity contribution >= 4 is 11.6 Å². The minimum atomic E-state index is -0.299. The van der Waals surface area contributed by atoms with Crippen LogP contribution in [0.2, 0.25) is 5.02 Å². The molecule has 2 N–H and O–H groups in total. The Morgan fingerprint density at radius 1 is 1.39 bits per heavy atom. The molecule has 0 bridgehead atoms. The van der Waals surface area contributed by atoms with Gasteiger partial charge in [0.05, 0.1) is 5.02 Å². The number of pyridine rings is 1. The molecule has 0 aliphatic carbocycles. The maximum Gasteiger partial charge on any atom is 0.219 e. The van der Waals surface area contributed by atoms with Crippen LogP contribution in [0, 0.1) is 12.7 Å². The van der Waals surface area contributed by atoms with Gasteiger partial charge in [-0.05, 0) is 36.2 Å². The quantitative estimate of drug-likeness (QED) is 0.926. The Balaban J connectivity index is 2.28. The molecule has 0 saturated heterocycles. The maximum absolute atomic E-state index is 13.0. The lowest BCUT2D eigenvalue weighted by atomic mass is 10.2. The van der Waals surface area contributed by atoms with Crippen molar-refractivity contribution in [2.24, 2.45) is 5.73 Å². The van der Waals surface area contributed by atoms with Gasteiger partial charge in [-0.1, -0.05) is 11.6 Å². The lowest BCUT2D eigenvalue weighted by Gasteiger charge is -2.09. The summed E-state index contributed by atoms with van der Waals surface area (Å²) < 4.78 is 18.5. The number of halogens is 2. The van der Waals surface area contributed by atoms with E-state index in [0.29, 0.717) is 28.8 Å². The fourth-order valence-electron chi connectivity index (χ4n) is 1.51. The van der Waals surface area contributed by atoms with Gasteiger partial charge in [-0.25, -0.2) is 9.37 Å². The standard InChI is InChI=1S/C13H12ClFN2O/c1-8-4-10(15)2-3-12(8)18-13-5-9(6-16)11(14)7-17-13/h2-5,7H,6,16H2,1H3. The van der Waals surface area contributed by atoms with Gasteiger partial charge in [0.2, 0.25) is 5.88 Å². The minimum Gasteiger partial charge on any atom is -0.439 e. The van der Waals surface area contributed by atoms with Gasteiger partial charge in [0.25, 0.3) is 0 Å². The second kappa shape index (κ2) is 5.33. The molecule has 3 nitrogen and oxygen atoms in total. The minimum absolute atomic E-state index is 0.299. The second-order valence-corrected chi connectivity index (χ2v) is 4.24. The summed E-state index contributed by atoms with van der Waals surface area (Å²) in [6, 6.07) is 5.96. The maximum atomic E-state index is 13.0. The molecule has 0 saturated carbocycles. The number of benzene rings is 1. The average molecular weight is 267 g/mol. The summed E-state index contributed by atoms with van der Waals surface area (Å²) in [5, 5.41) is 0.501. The third-order valence-electron chi connectivity index (χ3n) is 2.48. The van der Waals surface area contributed by atoms with E-state index in [4.69, 9.17) is 22.1 Å². The van der Waals surface area contributed by atoms with Crippen LogP contribution in [0.3, 0.4) is 0 Å². The van der Waals surface area contributed by atoms with Crippen molar-refractivity contribution in [1.29, 1.82) is 0 Å². The van der Waals surface area contributed by atoms with Gasteiger partial charge in [0.1, 0.15) is 11.6 Å². The number of ether oxygens (including phenoxy) is 1. The molecule has 2 aromatic rings. The van der Waals surface area contributed by atoms with E-state index in [9.17, 15) is 4.39 Å². The summed E-state index contributed by atoms with van der Waals surface area (Å²) >= 11 is 5.90. The van der Waals surface area contributed by atoms with E-state index in [-0.39, 0.29) is 5.82 Å². The van der Waals surface area contributed by atoms with E-state index in [1.807, 2.05) is 0 Å². The van der Waals surface area contributed by atoms with Gasteiger partial charge in [-0.15, -0.1) is 0 Å². The Morgan fingerprint density at radius 3 is 2.83 bits per heavy atom. The third kappa shape index (κ3) is 2.78. The zero-order valence-corrected chi connectivity index (χ0v) is 10.5. The first-order chi connectivity index (χ1) is 8.60. The fraction of sp³-hybridized carbons (Fsp3) is 0.154. The van der Waals surface area contributed by atoms with Crippen molar-refractivity contribution in [3.8, 4) is 11.6 Å². The highest BCUT2D eigenvalue weighted by atomic mass is 35.5. The van der Waals surface area contributed by atoms with E-state index in [2.05, 4.69) is 4.98 Å². The summed E-state index contributed by atoms with van der Waals surface area (Å²) in [4.78, 5) is 4.04. The number of rotatable bonds is 3. The monoisotopic (exact) mass is 266 g/mol. The Morgan fingerprint density at radius 2 is 2.17 bits per heavy atom. The predicted octanol–water partition coefficient (Wildman–Crippen LogP) is 3.43. The molecule has 1 aromatic carbocycles. The van der Waals surface area contributed by atoms with Gasteiger partial charge in [-0.3, -0.25) is 0 Å². The molecule has 0 spiro atoms. The van der Waals surface area contributed by atoms with Crippen molar-refractivity contribution in [3.05, 3.63) is 52.4 Å². The normalized spacial score (nSPS) is 10.4. The molecule has 0 amide bonds. The van der Waals surface area contributed by atoms with Gasteiger partial charge in [0.15, 0.2) is 0 Å². The lowest BCUT2D eigenvalue weighted by Crippen LogP contribution is -1.99. The Labute approximate surface area is 109 Å². The van der Waals surface area contributed by atoms with Crippen LogP contribution in [-0.2, 0) is 6.54 Å². The second-order valence-electron chi connectivity index (χ2n) is 3.83. The molecule has 94 valence electrons. The number of aromatic nitrogens is 1. The molecule has 0 fully saturated rings. The van der Waals surface area contributed by atoms with E-state index < -0.39 is 0 Å². The van der Waals surface area contributed by atoms with E-state index in [1.165, 1.54) is 18.3 Å². The van der Waals surface area contributed by atoms with Crippen LogP contribution in [-0.4, -0.2) is 4.98 Å². The van der Waals surface area contributed by atoms with E-state index >= 15 is 0 Å². The number of hydrogen-bond acceptors (Lipinski definition) is 3. The first-order valence-corrected chi connectivity index (χ1v) is 5.76. The van der Waals surface area contributed by atoms with E-state index in [0.717, 1.165) is 5.56 Å². The van der Waals surface area contributed by atoms with Crippen molar-refractivity contribution < 1.29 is 9.13 Å². The largest absolute Gasteiger partial charge is 0.439 e. The average Bonchev–Trinajstić information content (AvgIpc) is 2.35. The van der Waals surface area contributed by atoms with Crippen molar-refractivity contribution in [2.45, 2.75) is 13.5 Å². The van der Waals surface area contributed by atoms with Crippen LogP contribution in [0.15, 0.2) is 30.5 Å². The van der Waals surface area contributed by atoms with E-state index in [1.54, 1.807) is 19.1 Å². The molecule has 1 aromatic heterocycles.